The molecule has 1 aromatic heterocycles. The van der Waals surface area contributed by atoms with Gasteiger partial charge in [0.05, 0.1) is 37.7 Å². The molecule has 2 saturated heterocycles. The summed E-state index contributed by atoms with van der Waals surface area (Å²) in [6, 6.07) is 6.86. The summed E-state index contributed by atoms with van der Waals surface area (Å²) in [7, 11) is 2.95. The predicted octanol–water partition coefficient (Wildman–Crippen LogP) is 4.55. The van der Waals surface area contributed by atoms with Crippen molar-refractivity contribution in [2.75, 3.05) is 44.1 Å². The highest BCUT2D eigenvalue weighted by Gasteiger charge is 2.50. The molecule has 3 heterocycles. The van der Waals surface area contributed by atoms with Gasteiger partial charge in [0.2, 0.25) is 0 Å². The van der Waals surface area contributed by atoms with Crippen molar-refractivity contribution in [3.05, 3.63) is 42.0 Å². The first-order chi connectivity index (χ1) is 16.9. The van der Waals surface area contributed by atoms with Crippen LogP contribution in [0.2, 0.25) is 0 Å². The minimum absolute atomic E-state index is 0.162. The molecule has 186 valence electrons. The topological polar surface area (TPSA) is 97.8 Å². The van der Waals surface area contributed by atoms with E-state index < -0.39 is 17.5 Å². The summed E-state index contributed by atoms with van der Waals surface area (Å²) in [5.41, 5.74) is 1.49. The zero-order valence-corrected chi connectivity index (χ0v) is 20.6. The van der Waals surface area contributed by atoms with E-state index in [-0.39, 0.29) is 11.4 Å². The van der Waals surface area contributed by atoms with Crippen molar-refractivity contribution < 1.29 is 23.4 Å². The van der Waals surface area contributed by atoms with Crippen molar-refractivity contribution in [2.45, 2.75) is 32.8 Å². The minimum Gasteiger partial charge on any atom is -0.494 e. The smallest absolute Gasteiger partial charge is 0.415 e. The Morgan fingerprint density at radius 2 is 1.94 bits per heavy atom. The van der Waals surface area contributed by atoms with Crippen LogP contribution in [0.5, 0.6) is 11.5 Å². The van der Waals surface area contributed by atoms with Crippen molar-refractivity contribution in [1.82, 2.24) is 15.3 Å². The van der Waals surface area contributed by atoms with Gasteiger partial charge in [-0.25, -0.2) is 19.2 Å². The predicted molar refractivity (Wildman–Crippen MR) is 132 cm³/mol. The number of benzene rings is 2. The van der Waals surface area contributed by atoms with E-state index in [1.54, 1.807) is 36.1 Å². The molecule has 2 aliphatic heterocycles. The molecule has 1 amide bonds. The van der Waals surface area contributed by atoms with E-state index in [9.17, 15) is 9.18 Å². The van der Waals surface area contributed by atoms with Crippen LogP contribution in [-0.2, 0) is 4.74 Å². The van der Waals surface area contributed by atoms with E-state index in [0.717, 1.165) is 0 Å². The fourth-order valence-corrected chi connectivity index (χ4v) is 4.07. The van der Waals surface area contributed by atoms with Gasteiger partial charge in [-0.1, -0.05) is 26.3 Å². The van der Waals surface area contributed by atoms with Gasteiger partial charge in [0.25, 0.3) is 0 Å². The average molecular weight is 484 g/mol. The highest BCUT2D eigenvalue weighted by atomic mass is 19.1. The zero-order valence-electron chi connectivity index (χ0n) is 20.6. The molecular formula is C25H30FN5O4. The van der Waals surface area contributed by atoms with Gasteiger partial charge >= 0.3 is 6.09 Å². The number of halogens is 1. The highest BCUT2D eigenvalue weighted by Crippen LogP contribution is 2.40. The van der Waals surface area contributed by atoms with E-state index >= 15 is 0 Å². The van der Waals surface area contributed by atoms with Crippen LogP contribution in [0, 0.1) is 12.7 Å². The molecule has 0 unspecified atom stereocenters. The van der Waals surface area contributed by atoms with E-state index in [4.69, 9.17) is 14.2 Å². The third-order valence-corrected chi connectivity index (χ3v) is 5.84. The van der Waals surface area contributed by atoms with Gasteiger partial charge in [-0.15, -0.1) is 0 Å². The molecule has 10 heteroatoms. The molecule has 5 rings (SSSR count). The maximum Gasteiger partial charge on any atom is 0.415 e. The highest BCUT2D eigenvalue weighted by molar-refractivity contribution is 6.00. The summed E-state index contributed by atoms with van der Waals surface area (Å²) in [4.78, 5) is 22.8. The summed E-state index contributed by atoms with van der Waals surface area (Å²) in [6.45, 7) is 7.63. The second-order valence-electron chi connectivity index (χ2n) is 8.61. The van der Waals surface area contributed by atoms with Gasteiger partial charge in [-0.2, -0.15) is 0 Å². The van der Waals surface area contributed by atoms with Crippen LogP contribution in [0.4, 0.5) is 26.4 Å². The van der Waals surface area contributed by atoms with E-state index in [2.05, 4.69) is 34.4 Å². The molecule has 0 radical (unpaired) electrons. The first-order valence-electron chi connectivity index (χ1n) is 11.5. The largest absolute Gasteiger partial charge is 0.494 e. The lowest BCUT2D eigenvalue weighted by molar-refractivity contribution is 0.0142. The summed E-state index contributed by atoms with van der Waals surface area (Å²) >= 11 is 0. The van der Waals surface area contributed by atoms with E-state index in [1.165, 1.54) is 27.0 Å². The number of rotatable bonds is 5. The zero-order chi connectivity index (χ0) is 25.2. The number of aryl methyl sites for hydroxylation is 1. The fourth-order valence-electron chi connectivity index (χ4n) is 4.07. The Morgan fingerprint density at radius 1 is 1.20 bits per heavy atom. The third kappa shape index (κ3) is 4.53. The Balaban J connectivity index is 0.000000917. The van der Waals surface area contributed by atoms with Crippen molar-refractivity contribution in [3.8, 4) is 11.5 Å². The molecule has 0 saturated carbocycles. The third-order valence-electron chi connectivity index (χ3n) is 5.84. The number of carbonyl (C=O) groups is 1. The standard InChI is InChI=1S/C22H22FN5O4.C3H8/c1-12-4-5-14(18(23)19(12)31-3)27-20-13-6-16(17(30-2)7-15(13)25-11-26-20)28-10-22(8-24-9-22)32-21(28)29;1-3-2/h4-7,11,24H,8-10H2,1-3H3,(H,25,26,27);3H2,1-2H3. The number of hydrogen-bond donors (Lipinski definition) is 2. The Bertz CT molecular complexity index is 1250. The number of hydrogen-bond acceptors (Lipinski definition) is 8. The fraction of sp³-hybridized carbons (Fsp3) is 0.400. The SMILES string of the molecule is CCC.COc1cc2ncnc(Nc3ccc(C)c(OC)c3F)c2cc1N1CC2(CNC2)OC1=O. The summed E-state index contributed by atoms with van der Waals surface area (Å²) < 4.78 is 31.2. The molecule has 1 spiro atoms. The maximum atomic E-state index is 14.9. The molecule has 0 atom stereocenters. The van der Waals surface area contributed by atoms with Crippen LogP contribution in [-0.4, -0.2) is 55.5 Å². The number of anilines is 3. The summed E-state index contributed by atoms with van der Waals surface area (Å²) in [5, 5.41) is 6.77. The molecule has 3 aromatic rings. The Labute approximate surface area is 203 Å². The number of carbonyl (C=O) groups excluding carboxylic acids is 1. The number of ether oxygens (including phenoxy) is 3. The minimum atomic E-state index is -0.521. The number of methoxy groups -OCH3 is 2. The maximum absolute atomic E-state index is 14.9. The molecular weight excluding hydrogens is 453 g/mol. The quantitative estimate of drug-likeness (QED) is 0.545. The number of nitrogens with one attached hydrogen (secondary N) is 2. The second kappa shape index (κ2) is 9.91. The van der Waals surface area contributed by atoms with E-state index in [1.807, 2.05) is 0 Å². The molecule has 0 bridgehead atoms. The number of amides is 1. The van der Waals surface area contributed by atoms with Crippen molar-refractivity contribution in [2.24, 2.45) is 0 Å². The van der Waals surface area contributed by atoms with Crippen LogP contribution >= 0.6 is 0 Å². The van der Waals surface area contributed by atoms with Crippen LogP contribution in [0.3, 0.4) is 0 Å². The normalized spacial score (nSPS) is 15.8. The van der Waals surface area contributed by atoms with Crippen molar-refractivity contribution in [3.63, 3.8) is 0 Å². The lowest BCUT2D eigenvalue weighted by atomic mass is 9.97. The van der Waals surface area contributed by atoms with Gasteiger partial charge in [-0.05, 0) is 24.6 Å². The summed E-state index contributed by atoms with van der Waals surface area (Å²) in [5.74, 6) is 0.508. The van der Waals surface area contributed by atoms with Gasteiger partial charge in [0.1, 0.15) is 17.9 Å². The van der Waals surface area contributed by atoms with Crippen molar-refractivity contribution >= 4 is 34.2 Å². The molecule has 2 aromatic carbocycles. The lowest BCUT2D eigenvalue weighted by Crippen LogP contribution is -2.61. The van der Waals surface area contributed by atoms with Crippen LogP contribution in [0.25, 0.3) is 10.9 Å². The van der Waals surface area contributed by atoms with Crippen LogP contribution in [0.1, 0.15) is 25.8 Å². The monoisotopic (exact) mass is 483 g/mol. The number of aromatic nitrogens is 2. The average Bonchev–Trinajstić information content (AvgIpc) is 3.19. The molecule has 2 aliphatic rings. The molecule has 2 N–H and O–H groups in total. The van der Waals surface area contributed by atoms with Crippen LogP contribution in [0.15, 0.2) is 30.6 Å². The van der Waals surface area contributed by atoms with Gasteiger partial charge in [-0.3, -0.25) is 4.90 Å². The summed E-state index contributed by atoms with van der Waals surface area (Å²) in [6.07, 6.45) is 2.19. The molecule has 0 aliphatic carbocycles. The number of nitrogens with zero attached hydrogens (tertiary/aromatic N) is 3. The Hall–Kier alpha value is -3.66. The Morgan fingerprint density at radius 3 is 2.54 bits per heavy atom. The first-order valence-corrected chi connectivity index (χ1v) is 11.5. The van der Waals surface area contributed by atoms with Gasteiger partial charge in [0, 0.05) is 24.5 Å². The lowest BCUT2D eigenvalue weighted by Gasteiger charge is -2.36. The second-order valence-corrected chi connectivity index (χ2v) is 8.61. The van der Waals surface area contributed by atoms with Gasteiger partial charge in [0.15, 0.2) is 17.2 Å². The van der Waals surface area contributed by atoms with Crippen molar-refractivity contribution in [1.29, 1.82) is 0 Å². The van der Waals surface area contributed by atoms with E-state index in [0.29, 0.717) is 53.4 Å². The first kappa shape index (κ1) is 24.5. The Kier molecular flexibility index (Phi) is 6.93. The van der Waals surface area contributed by atoms with Gasteiger partial charge < -0.3 is 24.8 Å². The molecule has 9 nitrogen and oxygen atoms in total. The number of fused-ring (bicyclic) bond motifs is 1. The molecule has 35 heavy (non-hydrogen) atoms. The molecule has 2 fully saturated rings. The van der Waals surface area contributed by atoms with Crippen LogP contribution < -0.4 is 25.0 Å².